The van der Waals surface area contributed by atoms with Gasteiger partial charge in [-0.25, -0.2) is 0 Å². The summed E-state index contributed by atoms with van der Waals surface area (Å²) in [5, 5.41) is 8.29. The molecule has 0 aliphatic carbocycles. The number of carbonyl (C=O) groups excluding carboxylic acids is 1. The first-order valence-electron chi connectivity index (χ1n) is 10.5. The third-order valence-corrected chi connectivity index (χ3v) is 5.10. The van der Waals surface area contributed by atoms with Gasteiger partial charge in [0, 0.05) is 30.3 Å². The molecule has 0 saturated carbocycles. The largest absolute Gasteiger partial charge is 0.494 e. The van der Waals surface area contributed by atoms with Crippen LogP contribution in [0.3, 0.4) is 0 Å². The minimum absolute atomic E-state index is 0.0590. The molecule has 1 aromatic heterocycles. The molecular weight excluding hydrogens is 402 g/mol. The van der Waals surface area contributed by atoms with Crippen LogP contribution in [0, 0.1) is 6.92 Å². The van der Waals surface area contributed by atoms with Crippen molar-refractivity contribution in [2.24, 2.45) is 0 Å². The Morgan fingerprint density at radius 1 is 0.875 bits per heavy atom. The van der Waals surface area contributed by atoms with Gasteiger partial charge in [0.15, 0.2) is 0 Å². The highest BCUT2D eigenvalue weighted by Crippen LogP contribution is 2.24. The van der Waals surface area contributed by atoms with Gasteiger partial charge in [0.05, 0.1) is 6.61 Å². The molecule has 6 nitrogen and oxygen atoms in total. The molecular formula is C26H25N3O3. The Labute approximate surface area is 187 Å². The highest BCUT2D eigenvalue weighted by Gasteiger charge is 2.14. The average Bonchev–Trinajstić information content (AvgIpc) is 3.31. The second-order valence-corrected chi connectivity index (χ2v) is 7.59. The molecule has 0 saturated heterocycles. The van der Waals surface area contributed by atoms with E-state index in [9.17, 15) is 4.79 Å². The van der Waals surface area contributed by atoms with Crippen LogP contribution in [0.15, 0.2) is 77.2 Å². The van der Waals surface area contributed by atoms with E-state index in [1.165, 1.54) is 5.56 Å². The molecule has 1 amide bonds. The zero-order valence-corrected chi connectivity index (χ0v) is 18.4. The van der Waals surface area contributed by atoms with Gasteiger partial charge in [-0.05, 0) is 67.9 Å². The number of hydrogen-bond acceptors (Lipinski definition) is 5. The van der Waals surface area contributed by atoms with Gasteiger partial charge in [-0.15, -0.1) is 10.2 Å². The summed E-state index contributed by atoms with van der Waals surface area (Å²) >= 11 is 0. The SMILES string of the molecule is CCOc1ccc(CN(C)C(=O)c2ccc(-c3nnc(-c4ccc(C)cc4)o3)cc2)cc1. The summed E-state index contributed by atoms with van der Waals surface area (Å²) in [5.41, 5.74) is 4.44. The Bertz CT molecular complexity index is 1180. The summed E-state index contributed by atoms with van der Waals surface area (Å²) in [6.07, 6.45) is 0. The zero-order valence-electron chi connectivity index (χ0n) is 18.4. The van der Waals surface area contributed by atoms with Crippen LogP contribution in [0.2, 0.25) is 0 Å². The smallest absolute Gasteiger partial charge is 0.253 e. The lowest BCUT2D eigenvalue weighted by Gasteiger charge is -2.17. The summed E-state index contributed by atoms with van der Waals surface area (Å²) in [6, 6.07) is 22.9. The lowest BCUT2D eigenvalue weighted by molar-refractivity contribution is 0.0785. The van der Waals surface area contributed by atoms with Gasteiger partial charge >= 0.3 is 0 Å². The Morgan fingerprint density at radius 2 is 1.44 bits per heavy atom. The van der Waals surface area contributed by atoms with Crippen molar-refractivity contribution in [2.45, 2.75) is 20.4 Å². The molecule has 4 rings (SSSR count). The third-order valence-electron chi connectivity index (χ3n) is 5.10. The molecule has 0 N–H and O–H groups in total. The van der Waals surface area contributed by atoms with Crippen LogP contribution in [-0.2, 0) is 6.54 Å². The van der Waals surface area contributed by atoms with Gasteiger partial charge in [-0.2, -0.15) is 0 Å². The normalized spacial score (nSPS) is 10.7. The van der Waals surface area contributed by atoms with E-state index in [-0.39, 0.29) is 5.91 Å². The Morgan fingerprint density at radius 3 is 2.00 bits per heavy atom. The number of aryl methyl sites for hydroxylation is 1. The fourth-order valence-electron chi connectivity index (χ4n) is 3.33. The molecule has 0 radical (unpaired) electrons. The fraction of sp³-hybridized carbons (Fsp3) is 0.192. The Hall–Kier alpha value is -3.93. The predicted octanol–water partition coefficient (Wildman–Crippen LogP) is 5.38. The first-order chi connectivity index (χ1) is 15.5. The quantitative estimate of drug-likeness (QED) is 0.396. The highest BCUT2D eigenvalue weighted by molar-refractivity contribution is 5.94. The van der Waals surface area contributed by atoms with E-state index in [4.69, 9.17) is 9.15 Å². The van der Waals surface area contributed by atoms with Gasteiger partial charge in [-0.3, -0.25) is 4.79 Å². The van der Waals surface area contributed by atoms with Gasteiger partial charge in [0.1, 0.15) is 5.75 Å². The molecule has 0 fully saturated rings. The molecule has 32 heavy (non-hydrogen) atoms. The third kappa shape index (κ3) is 4.86. The predicted molar refractivity (Wildman–Crippen MR) is 123 cm³/mol. The Kier molecular flexibility index (Phi) is 6.31. The van der Waals surface area contributed by atoms with E-state index >= 15 is 0 Å². The van der Waals surface area contributed by atoms with Crippen LogP contribution >= 0.6 is 0 Å². The van der Waals surface area contributed by atoms with E-state index in [1.807, 2.05) is 74.5 Å². The standard InChI is InChI=1S/C26H25N3O3/c1-4-31-23-15-7-19(8-16-23)17-29(3)26(30)22-13-11-21(12-14-22)25-28-27-24(32-25)20-9-5-18(2)6-10-20/h5-16H,4,17H2,1-3H3. The summed E-state index contributed by atoms with van der Waals surface area (Å²) in [6.45, 7) is 5.12. The number of nitrogens with zero attached hydrogens (tertiary/aromatic N) is 3. The summed E-state index contributed by atoms with van der Waals surface area (Å²) < 4.78 is 11.3. The van der Waals surface area contributed by atoms with E-state index < -0.39 is 0 Å². The van der Waals surface area contributed by atoms with Crippen molar-refractivity contribution in [3.63, 3.8) is 0 Å². The van der Waals surface area contributed by atoms with Gasteiger partial charge in [0.25, 0.3) is 5.91 Å². The maximum atomic E-state index is 12.8. The van der Waals surface area contributed by atoms with Crippen LogP contribution in [0.1, 0.15) is 28.4 Å². The number of aromatic nitrogens is 2. The van der Waals surface area contributed by atoms with Crippen LogP contribution in [0.4, 0.5) is 0 Å². The van der Waals surface area contributed by atoms with Crippen molar-refractivity contribution >= 4 is 5.91 Å². The monoisotopic (exact) mass is 427 g/mol. The molecule has 0 atom stereocenters. The first kappa shape index (κ1) is 21.3. The van der Waals surface area contributed by atoms with Gasteiger partial charge in [0.2, 0.25) is 11.8 Å². The molecule has 0 unspecified atom stereocenters. The van der Waals surface area contributed by atoms with E-state index in [2.05, 4.69) is 10.2 Å². The maximum absolute atomic E-state index is 12.8. The number of amides is 1. The molecule has 162 valence electrons. The molecule has 0 bridgehead atoms. The second-order valence-electron chi connectivity index (χ2n) is 7.59. The number of carbonyl (C=O) groups is 1. The summed E-state index contributed by atoms with van der Waals surface area (Å²) in [7, 11) is 1.79. The number of rotatable bonds is 7. The number of hydrogen-bond donors (Lipinski definition) is 0. The van der Waals surface area contributed by atoms with Crippen LogP contribution < -0.4 is 4.74 Å². The minimum Gasteiger partial charge on any atom is -0.494 e. The zero-order chi connectivity index (χ0) is 22.5. The van der Waals surface area contributed by atoms with Crippen molar-refractivity contribution in [2.75, 3.05) is 13.7 Å². The average molecular weight is 428 g/mol. The van der Waals surface area contributed by atoms with Crippen molar-refractivity contribution in [1.82, 2.24) is 15.1 Å². The number of benzene rings is 3. The lowest BCUT2D eigenvalue weighted by Crippen LogP contribution is -2.26. The maximum Gasteiger partial charge on any atom is 0.253 e. The summed E-state index contributed by atoms with van der Waals surface area (Å²) in [5.74, 6) is 1.65. The molecule has 0 spiro atoms. The minimum atomic E-state index is -0.0590. The topological polar surface area (TPSA) is 68.5 Å². The Balaban J connectivity index is 1.42. The molecule has 1 heterocycles. The van der Waals surface area contributed by atoms with E-state index in [0.29, 0.717) is 30.5 Å². The van der Waals surface area contributed by atoms with Crippen LogP contribution in [0.5, 0.6) is 5.75 Å². The molecule has 6 heteroatoms. The molecule has 0 aliphatic rings. The van der Waals surface area contributed by atoms with E-state index in [0.717, 1.165) is 22.4 Å². The van der Waals surface area contributed by atoms with Crippen LogP contribution in [0.25, 0.3) is 22.9 Å². The van der Waals surface area contributed by atoms with Crippen LogP contribution in [-0.4, -0.2) is 34.7 Å². The van der Waals surface area contributed by atoms with Gasteiger partial charge in [-0.1, -0.05) is 29.8 Å². The molecule has 3 aromatic carbocycles. The second kappa shape index (κ2) is 9.47. The van der Waals surface area contributed by atoms with Crippen molar-refractivity contribution in [3.05, 3.63) is 89.5 Å². The van der Waals surface area contributed by atoms with Crippen molar-refractivity contribution in [1.29, 1.82) is 0 Å². The first-order valence-corrected chi connectivity index (χ1v) is 10.5. The van der Waals surface area contributed by atoms with Crippen molar-refractivity contribution in [3.8, 4) is 28.7 Å². The summed E-state index contributed by atoms with van der Waals surface area (Å²) in [4.78, 5) is 14.5. The van der Waals surface area contributed by atoms with Crippen molar-refractivity contribution < 1.29 is 13.9 Å². The fourth-order valence-corrected chi connectivity index (χ4v) is 3.33. The lowest BCUT2D eigenvalue weighted by atomic mass is 10.1. The molecule has 4 aromatic rings. The van der Waals surface area contributed by atoms with E-state index in [1.54, 1.807) is 24.1 Å². The highest BCUT2D eigenvalue weighted by atomic mass is 16.5. The molecule has 0 aliphatic heterocycles. The number of ether oxygens (including phenoxy) is 1. The van der Waals surface area contributed by atoms with Gasteiger partial charge < -0.3 is 14.1 Å².